The second kappa shape index (κ2) is 8.78. The molecular weight excluding hydrogens is 363 g/mol. The molecular formula is C17H20Cl2N4O2. The maximum atomic E-state index is 11.1. The van der Waals surface area contributed by atoms with Crippen molar-refractivity contribution in [2.45, 2.75) is 20.0 Å². The Morgan fingerprint density at radius 3 is 2.64 bits per heavy atom. The first-order valence-electron chi connectivity index (χ1n) is 7.72. The quantitative estimate of drug-likeness (QED) is 0.592. The molecule has 0 aliphatic rings. The molecule has 6 nitrogen and oxygen atoms in total. The van der Waals surface area contributed by atoms with Gasteiger partial charge in [0, 0.05) is 20.1 Å². The summed E-state index contributed by atoms with van der Waals surface area (Å²) < 4.78 is 5.34. The van der Waals surface area contributed by atoms with Crippen LogP contribution in [0.5, 0.6) is 0 Å². The highest BCUT2D eigenvalue weighted by atomic mass is 35.5. The van der Waals surface area contributed by atoms with E-state index in [9.17, 15) is 4.79 Å². The largest absolute Gasteiger partial charge is 0.454 e. The first kappa shape index (κ1) is 19.1. The number of amides is 1. The van der Waals surface area contributed by atoms with Crippen LogP contribution in [0.3, 0.4) is 0 Å². The molecule has 2 aromatic rings. The third kappa shape index (κ3) is 5.41. The second-order valence-corrected chi connectivity index (χ2v) is 6.22. The number of nitrogens with one attached hydrogen (secondary N) is 1. The molecule has 0 aliphatic heterocycles. The first-order valence-corrected chi connectivity index (χ1v) is 8.48. The summed E-state index contributed by atoms with van der Waals surface area (Å²) >= 11 is 12.0. The molecule has 2 rings (SSSR count). The van der Waals surface area contributed by atoms with Gasteiger partial charge in [0.25, 0.3) is 5.91 Å². The van der Waals surface area contributed by atoms with Crippen molar-refractivity contribution in [1.82, 2.24) is 10.2 Å². The molecule has 25 heavy (non-hydrogen) atoms. The first-order chi connectivity index (χ1) is 11.9. The summed E-state index contributed by atoms with van der Waals surface area (Å²) in [6.07, 6.45) is 0. The van der Waals surface area contributed by atoms with E-state index in [1.165, 1.54) is 0 Å². The number of furan rings is 1. The Balaban J connectivity index is 2.08. The van der Waals surface area contributed by atoms with E-state index in [-0.39, 0.29) is 5.76 Å². The van der Waals surface area contributed by atoms with E-state index in [4.69, 9.17) is 33.4 Å². The lowest BCUT2D eigenvalue weighted by molar-refractivity contribution is 0.0972. The van der Waals surface area contributed by atoms with E-state index >= 15 is 0 Å². The van der Waals surface area contributed by atoms with Crippen LogP contribution >= 0.6 is 23.2 Å². The Hall–Kier alpha value is -2.18. The molecule has 0 bridgehead atoms. The normalized spacial score (nSPS) is 11.4. The smallest absolute Gasteiger partial charge is 0.284 e. The number of carbonyl (C=O) groups excluding carboxylic acids is 1. The predicted molar refractivity (Wildman–Crippen MR) is 100.0 cm³/mol. The van der Waals surface area contributed by atoms with Gasteiger partial charge in [0.2, 0.25) is 0 Å². The Labute approximate surface area is 156 Å². The summed E-state index contributed by atoms with van der Waals surface area (Å²) in [7, 11) is 1.92. The van der Waals surface area contributed by atoms with E-state index in [0.29, 0.717) is 34.9 Å². The Morgan fingerprint density at radius 1 is 1.28 bits per heavy atom. The fourth-order valence-corrected chi connectivity index (χ4v) is 2.53. The summed E-state index contributed by atoms with van der Waals surface area (Å²) in [5.41, 5.74) is 6.19. The van der Waals surface area contributed by atoms with Crippen molar-refractivity contribution in [1.29, 1.82) is 0 Å². The van der Waals surface area contributed by atoms with Crippen molar-refractivity contribution in [2.24, 2.45) is 10.7 Å². The highest BCUT2D eigenvalue weighted by molar-refractivity contribution is 6.42. The molecule has 1 heterocycles. The summed E-state index contributed by atoms with van der Waals surface area (Å²) in [5.74, 6) is 0.788. The van der Waals surface area contributed by atoms with Crippen molar-refractivity contribution < 1.29 is 9.21 Å². The third-order valence-electron chi connectivity index (χ3n) is 3.39. The van der Waals surface area contributed by atoms with E-state index in [0.717, 1.165) is 12.1 Å². The maximum Gasteiger partial charge on any atom is 0.284 e. The molecule has 0 spiro atoms. The van der Waals surface area contributed by atoms with Crippen molar-refractivity contribution in [2.75, 3.05) is 13.6 Å². The van der Waals surface area contributed by atoms with Crippen LogP contribution in [0.4, 0.5) is 0 Å². The SMILES string of the molecule is CCNC(=NCc1ccc(C(N)=O)o1)N(C)Cc1ccc(Cl)c(Cl)c1. The zero-order chi connectivity index (χ0) is 18.4. The molecule has 8 heteroatoms. The lowest BCUT2D eigenvalue weighted by Gasteiger charge is -2.22. The van der Waals surface area contributed by atoms with Gasteiger partial charge < -0.3 is 20.4 Å². The molecule has 0 unspecified atom stereocenters. The molecule has 0 aliphatic carbocycles. The lowest BCUT2D eigenvalue weighted by atomic mass is 10.2. The molecule has 134 valence electrons. The van der Waals surface area contributed by atoms with Crippen molar-refractivity contribution in [3.63, 3.8) is 0 Å². The van der Waals surface area contributed by atoms with Crippen LogP contribution in [0.15, 0.2) is 39.7 Å². The van der Waals surface area contributed by atoms with E-state index in [1.54, 1.807) is 18.2 Å². The summed E-state index contributed by atoms with van der Waals surface area (Å²) in [6, 6.07) is 8.74. The summed E-state index contributed by atoms with van der Waals surface area (Å²) in [4.78, 5) is 17.5. The molecule has 0 saturated carbocycles. The zero-order valence-corrected chi connectivity index (χ0v) is 15.6. The number of carbonyl (C=O) groups is 1. The molecule has 0 atom stereocenters. The molecule has 1 amide bonds. The van der Waals surface area contributed by atoms with Crippen LogP contribution < -0.4 is 11.1 Å². The standard InChI is InChI=1S/C17H20Cl2N4O2/c1-3-21-17(22-9-12-5-7-15(25-12)16(20)24)23(2)10-11-4-6-13(18)14(19)8-11/h4-8H,3,9-10H2,1-2H3,(H2,20,24)(H,21,22). The Kier molecular flexibility index (Phi) is 6.73. The Morgan fingerprint density at radius 2 is 2.04 bits per heavy atom. The molecule has 0 saturated heterocycles. The van der Waals surface area contributed by atoms with Gasteiger partial charge in [0.05, 0.1) is 10.0 Å². The number of primary amides is 1. The van der Waals surface area contributed by atoms with Gasteiger partial charge >= 0.3 is 0 Å². The van der Waals surface area contributed by atoms with Crippen LogP contribution in [-0.4, -0.2) is 30.4 Å². The van der Waals surface area contributed by atoms with Crippen LogP contribution in [-0.2, 0) is 13.1 Å². The summed E-state index contributed by atoms with van der Waals surface area (Å²) in [6.45, 7) is 3.60. The Bertz CT molecular complexity index is 774. The number of hydrogen-bond donors (Lipinski definition) is 2. The van der Waals surface area contributed by atoms with Crippen LogP contribution in [0.25, 0.3) is 0 Å². The monoisotopic (exact) mass is 382 g/mol. The number of nitrogens with two attached hydrogens (primary N) is 1. The van der Waals surface area contributed by atoms with Crippen LogP contribution in [0, 0.1) is 0 Å². The highest BCUT2D eigenvalue weighted by Gasteiger charge is 2.10. The van der Waals surface area contributed by atoms with E-state index in [2.05, 4.69) is 10.3 Å². The van der Waals surface area contributed by atoms with Crippen molar-refractivity contribution in [3.8, 4) is 0 Å². The number of halogens is 2. The minimum atomic E-state index is -0.598. The number of nitrogens with zero attached hydrogens (tertiary/aromatic N) is 2. The fourth-order valence-electron chi connectivity index (χ4n) is 2.20. The van der Waals surface area contributed by atoms with Gasteiger partial charge in [0.1, 0.15) is 12.3 Å². The van der Waals surface area contributed by atoms with E-state index < -0.39 is 5.91 Å². The summed E-state index contributed by atoms with van der Waals surface area (Å²) in [5, 5.41) is 4.25. The highest BCUT2D eigenvalue weighted by Crippen LogP contribution is 2.23. The van der Waals surface area contributed by atoms with Gasteiger partial charge in [-0.2, -0.15) is 0 Å². The molecule has 1 aromatic heterocycles. The number of hydrogen-bond acceptors (Lipinski definition) is 3. The van der Waals surface area contributed by atoms with Gasteiger partial charge in [-0.3, -0.25) is 4.79 Å². The maximum absolute atomic E-state index is 11.1. The average molecular weight is 383 g/mol. The third-order valence-corrected chi connectivity index (χ3v) is 4.13. The van der Waals surface area contributed by atoms with Gasteiger partial charge in [-0.25, -0.2) is 4.99 Å². The number of rotatable bonds is 6. The molecule has 3 N–H and O–H groups in total. The zero-order valence-electron chi connectivity index (χ0n) is 14.1. The predicted octanol–water partition coefficient (Wildman–Crippen LogP) is 3.28. The van der Waals surface area contributed by atoms with Gasteiger partial charge in [-0.15, -0.1) is 0 Å². The lowest BCUT2D eigenvalue weighted by Crippen LogP contribution is -2.38. The minimum Gasteiger partial charge on any atom is -0.454 e. The van der Waals surface area contributed by atoms with Crippen LogP contribution in [0.1, 0.15) is 28.8 Å². The minimum absolute atomic E-state index is 0.124. The molecule has 0 radical (unpaired) electrons. The molecule has 0 fully saturated rings. The number of guanidine groups is 1. The fraction of sp³-hybridized carbons (Fsp3) is 0.294. The number of benzene rings is 1. The van der Waals surface area contributed by atoms with Gasteiger partial charge in [-0.1, -0.05) is 29.3 Å². The molecule has 1 aromatic carbocycles. The van der Waals surface area contributed by atoms with Crippen molar-refractivity contribution >= 4 is 35.1 Å². The van der Waals surface area contributed by atoms with Crippen molar-refractivity contribution in [3.05, 3.63) is 57.5 Å². The van der Waals surface area contributed by atoms with Gasteiger partial charge in [-0.05, 0) is 36.8 Å². The topological polar surface area (TPSA) is 83.9 Å². The van der Waals surface area contributed by atoms with E-state index in [1.807, 2.05) is 31.0 Å². The van der Waals surface area contributed by atoms with Crippen LogP contribution in [0.2, 0.25) is 10.0 Å². The van der Waals surface area contributed by atoms with Gasteiger partial charge in [0.15, 0.2) is 11.7 Å². The number of aliphatic imine (C=N–C) groups is 1. The second-order valence-electron chi connectivity index (χ2n) is 5.40. The average Bonchev–Trinajstić information content (AvgIpc) is 3.04.